The van der Waals surface area contributed by atoms with Gasteiger partial charge in [0, 0.05) is 18.1 Å². The molecule has 2 aromatic heterocycles. The monoisotopic (exact) mass is 343 g/mol. The van der Waals surface area contributed by atoms with Crippen LogP contribution in [-0.4, -0.2) is 37.8 Å². The number of amides is 1. The van der Waals surface area contributed by atoms with Crippen molar-refractivity contribution in [2.45, 2.75) is 12.1 Å². The first-order chi connectivity index (χ1) is 11.8. The smallest absolute Gasteiger partial charge is 0.234 e. The van der Waals surface area contributed by atoms with Gasteiger partial charge in [0.25, 0.3) is 0 Å². The van der Waals surface area contributed by atoms with Crippen molar-refractivity contribution >= 4 is 23.4 Å². The van der Waals surface area contributed by atoms with E-state index in [0.29, 0.717) is 11.8 Å². The molecule has 3 aromatic rings. The first-order valence-electron chi connectivity index (χ1n) is 7.45. The van der Waals surface area contributed by atoms with Crippen LogP contribution in [0.3, 0.4) is 0 Å². The largest absolute Gasteiger partial charge is 0.494 e. The fourth-order valence-electron chi connectivity index (χ4n) is 2.07. The van der Waals surface area contributed by atoms with Gasteiger partial charge in [-0.05, 0) is 43.3 Å². The molecule has 0 atom stereocenters. The van der Waals surface area contributed by atoms with Crippen LogP contribution in [0.2, 0.25) is 0 Å². The molecule has 3 rings (SSSR count). The Balaban J connectivity index is 1.55. The van der Waals surface area contributed by atoms with Gasteiger partial charge < -0.3 is 10.1 Å². The summed E-state index contributed by atoms with van der Waals surface area (Å²) in [6.45, 7) is 2.55. The van der Waals surface area contributed by atoms with Crippen LogP contribution in [0.15, 0.2) is 60.3 Å². The predicted molar refractivity (Wildman–Crippen MR) is 92.2 cm³/mol. The number of aromatic nitrogens is 4. The van der Waals surface area contributed by atoms with Gasteiger partial charge in [0.15, 0.2) is 0 Å². The molecule has 2 heterocycles. The second kappa shape index (κ2) is 7.69. The van der Waals surface area contributed by atoms with Gasteiger partial charge in [-0.25, -0.2) is 4.68 Å². The lowest BCUT2D eigenvalue weighted by atomic mass is 10.3. The fourth-order valence-corrected chi connectivity index (χ4v) is 2.78. The summed E-state index contributed by atoms with van der Waals surface area (Å²) >= 11 is 1.32. The summed E-state index contributed by atoms with van der Waals surface area (Å²) in [5.74, 6) is 0.920. The lowest BCUT2D eigenvalue weighted by molar-refractivity contribution is -0.113. The number of benzene rings is 1. The third kappa shape index (κ3) is 3.96. The number of nitrogens with one attached hydrogen (secondary N) is 1. The zero-order valence-corrected chi connectivity index (χ0v) is 13.9. The Bertz CT molecular complexity index is 783. The number of nitrogens with zero attached hydrogens (tertiary/aromatic N) is 4. The number of rotatable bonds is 7. The Hall–Kier alpha value is -2.74. The van der Waals surface area contributed by atoms with E-state index in [1.165, 1.54) is 11.8 Å². The van der Waals surface area contributed by atoms with Crippen LogP contribution in [0, 0.1) is 0 Å². The van der Waals surface area contributed by atoms with Crippen molar-refractivity contribution in [1.82, 2.24) is 19.5 Å². The quantitative estimate of drug-likeness (QED) is 0.667. The van der Waals surface area contributed by atoms with Gasteiger partial charge in [-0.3, -0.25) is 9.47 Å². The zero-order valence-electron chi connectivity index (χ0n) is 13.1. The van der Waals surface area contributed by atoms with Crippen molar-refractivity contribution in [1.29, 1.82) is 0 Å². The Kier molecular flexibility index (Phi) is 5.17. The molecule has 1 N–H and O–H groups in total. The summed E-state index contributed by atoms with van der Waals surface area (Å²) in [6, 6.07) is 11.1. The minimum Gasteiger partial charge on any atom is -0.494 e. The molecule has 1 amide bonds. The van der Waals surface area contributed by atoms with Crippen LogP contribution >= 0.6 is 11.8 Å². The molecule has 0 fully saturated rings. The predicted octanol–water partition coefficient (Wildman–Crippen LogP) is 2.52. The van der Waals surface area contributed by atoms with E-state index < -0.39 is 0 Å². The number of carbonyl (C=O) groups excluding carboxylic acids is 1. The van der Waals surface area contributed by atoms with Gasteiger partial charge in [0.2, 0.25) is 11.1 Å². The second-order valence-electron chi connectivity index (χ2n) is 4.82. The van der Waals surface area contributed by atoms with Crippen molar-refractivity contribution in [3.05, 3.63) is 55.1 Å². The minimum atomic E-state index is -0.105. The second-order valence-corrected chi connectivity index (χ2v) is 5.76. The molecule has 0 saturated carbocycles. The highest BCUT2D eigenvalue weighted by Gasteiger charge is 2.10. The average Bonchev–Trinajstić information content (AvgIpc) is 3.26. The topological polar surface area (TPSA) is 74.0 Å². The Morgan fingerprint density at radius 3 is 2.71 bits per heavy atom. The lowest BCUT2D eigenvalue weighted by Crippen LogP contribution is -2.15. The van der Waals surface area contributed by atoms with Gasteiger partial charge in [-0.2, -0.15) is 0 Å². The fraction of sp³-hybridized carbons (Fsp3) is 0.188. The minimum absolute atomic E-state index is 0.105. The maximum Gasteiger partial charge on any atom is 0.234 e. The van der Waals surface area contributed by atoms with Crippen LogP contribution in [0.5, 0.6) is 5.75 Å². The molecule has 0 aliphatic carbocycles. The van der Waals surface area contributed by atoms with Crippen LogP contribution in [0.4, 0.5) is 5.69 Å². The van der Waals surface area contributed by atoms with Gasteiger partial charge >= 0.3 is 0 Å². The van der Waals surface area contributed by atoms with Crippen molar-refractivity contribution in [2.24, 2.45) is 0 Å². The van der Waals surface area contributed by atoms with Gasteiger partial charge in [0.05, 0.1) is 12.4 Å². The third-order valence-electron chi connectivity index (χ3n) is 3.12. The molecule has 1 aromatic carbocycles. The van der Waals surface area contributed by atoms with E-state index in [2.05, 4.69) is 15.5 Å². The number of hydrogen-bond acceptors (Lipinski definition) is 5. The van der Waals surface area contributed by atoms with Crippen molar-refractivity contribution in [2.75, 3.05) is 17.7 Å². The molecule has 0 radical (unpaired) electrons. The highest BCUT2D eigenvalue weighted by Crippen LogP contribution is 2.18. The molecule has 7 nitrogen and oxygen atoms in total. The number of carbonyl (C=O) groups is 1. The third-order valence-corrected chi connectivity index (χ3v) is 4.05. The number of hydrogen-bond donors (Lipinski definition) is 1. The molecule has 0 aliphatic heterocycles. The maximum absolute atomic E-state index is 12.1. The van der Waals surface area contributed by atoms with E-state index in [9.17, 15) is 4.79 Å². The van der Waals surface area contributed by atoms with Crippen LogP contribution in [0.1, 0.15) is 6.92 Å². The molecule has 24 heavy (non-hydrogen) atoms. The van der Waals surface area contributed by atoms with Gasteiger partial charge in [-0.1, -0.05) is 11.8 Å². The standard InChI is InChI=1S/C16H17N5O2S/c1-2-23-14-7-5-13(6-8-14)18-15(22)11-24-16-19-17-12-21(16)20-9-3-4-10-20/h3-10,12H,2,11H2,1H3,(H,18,22). The van der Waals surface area contributed by atoms with Crippen LogP contribution < -0.4 is 10.1 Å². The van der Waals surface area contributed by atoms with E-state index in [-0.39, 0.29) is 11.7 Å². The Labute approximate surface area is 143 Å². The molecule has 0 unspecified atom stereocenters. The van der Waals surface area contributed by atoms with Crippen molar-refractivity contribution in [3.8, 4) is 5.75 Å². The molecule has 124 valence electrons. The van der Waals surface area contributed by atoms with Crippen LogP contribution in [0.25, 0.3) is 0 Å². The summed E-state index contributed by atoms with van der Waals surface area (Å²) < 4.78 is 8.99. The summed E-state index contributed by atoms with van der Waals surface area (Å²) in [5.41, 5.74) is 0.732. The number of anilines is 1. The number of thioether (sulfide) groups is 1. The Morgan fingerprint density at radius 2 is 2.00 bits per heavy atom. The SMILES string of the molecule is CCOc1ccc(NC(=O)CSc2nncn2-n2cccc2)cc1. The lowest BCUT2D eigenvalue weighted by Gasteiger charge is -2.08. The first-order valence-corrected chi connectivity index (χ1v) is 8.44. The van der Waals surface area contributed by atoms with E-state index in [1.807, 2.05) is 60.4 Å². The first kappa shape index (κ1) is 16.1. The van der Waals surface area contributed by atoms with Crippen LogP contribution in [-0.2, 0) is 4.79 Å². The highest BCUT2D eigenvalue weighted by atomic mass is 32.2. The number of ether oxygens (including phenoxy) is 1. The molecular weight excluding hydrogens is 326 g/mol. The van der Waals surface area contributed by atoms with E-state index in [1.54, 1.807) is 11.0 Å². The summed E-state index contributed by atoms with van der Waals surface area (Å²) in [7, 11) is 0. The molecule has 8 heteroatoms. The van der Waals surface area contributed by atoms with E-state index in [4.69, 9.17) is 4.74 Å². The Morgan fingerprint density at radius 1 is 1.25 bits per heavy atom. The van der Waals surface area contributed by atoms with Crippen molar-refractivity contribution < 1.29 is 9.53 Å². The summed E-state index contributed by atoms with van der Waals surface area (Å²) in [5, 5.41) is 11.4. The van der Waals surface area contributed by atoms with E-state index >= 15 is 0 Å². The molecule has 0 saturated heterocycles. The van der Waals surface area contributed by atoms with Gasteiger partial charge in [-0.15, -0.1) is 10.2 Å². The maximum atomic E-state index is 12.1. The summed E-state index contributed by atoms with van der Waals surface area (Å²) in [4.78, 5) is 12.1. The van der Waals surface area contributed by atoms with E-state index in [0.717, 1.165) is 11.4 Å². The normalized spacial score (nSPS) is 10.5. The average molecular weight is 343 g/mol. The zero-order chi connectivity index (χ0) is 16.8. The molecule has 0 aliphatic rings. The molecule has 0 spiro atoms. The van der Waals surface area contributed by atoms with Gasteiger partial charge in [0.1, 0.15) is 12.1 Å². The highest BCUT2D eigenvalue weighted by molar-refractivity contribution is 7.99. The molecular formula is C16H17N5O2S. The van der Waals surface area contributed by atoms with Crippen molar-refractivity contribution in [3.63, 3.8) is 0 Å². The molecule has 0 bridgehead atoms. The summed E-state index contributed by atoms with van der Waals surface area (Å²) in [6.07, 6.45) is 5.37.